The van der Waals surface area contributed by atoms with Crippen LogP contribution in [0.1, 0.15) is 12.5 Å². The maximum atomic E-state index is 6.70. The van der Waals surface area contributed by atoms with Crippen LogP contribution >= 0.6 is 27.8 Å². The summed E-state index contributed by atoms with van der Waals surface area (Å²) in [7, 11) is 0. The molecule has 0 spiro atoms. The number of hydrogen-bond donors (Lipinski definition) is 0. The molecule has 0 saturated heterocycles. The van der Waals surface area contributed by atoms with Crippen molar-refractivity contribution < 1.29 is 0 Å². The Bertz CT molecular complexity index is 395. The quantitative estimate of drug-likeness (QED) is 0.518. The normalized spacial score (nSPS) is 25.3. The zero-order valence-corrected chi connectivity index (χ0v) is 11.2. The summed E-state index contributed by atoms with van der Waals surface area (Å²) in [6.45, 7) is 2.12. The third-order valence-electron chi connectivity index (χ3n) is 2.80. The van der Waals surface area contributed by atoms with Gasteiger partial charge in [-0.1, -0.05) is 0 Å². The van der Waals surface area contributed by atoms with E-state index in [1.807, 2.05) is 18.2 Å². The van der Waals surface area contributed by atoms with Gasteiger partial charge in [-0.3, -0.25) is 0 Å². The number of rotatable bonds is 2. The van der Waals surface area contributed by atoms with E-state index in [0.29, 0.717) is 0 Å². The fourth-order valence-corrected chi connectivity index (χ4v) is 7.79. The molecular weight excluding hydrogens is 246 g/mol. The van der Waals surface area contributed by atoms with E-state index in [1.54, 1.807) is 0 Å². The predicted octanol–water partition coefficient (Wildman–Crippen LogP) is 5.01. The molecule has 0 radical (unpaired) electrons. The SMILES string of the molecule is CC1=CCP(Cl)(Cl)(Cc2ccccc2)C1. The van der Waals surface area contributed by atoms with Gasteiger partial charge in [-0.25, -0.2) is 0 Å². The van der Waals surface area contributed by atoms with Crippen molar-refractivity contribution in [1.82, 2.24) is 0 Å². The van der Waals surface area contributed by atoms with Crippen LogP contribution < -0.4 is 0 Å². The first-order valence-corrected chi connectivity index (χ1v) is 9.70. The van der Waals surface area contributed by atoms with E-state index in [1.165, 1.54) is 11.1 Å². The van der Waals surface area contributed by atoms with Gasteiger partial charge in [0.15, 0.2) is 0 Å². The van der Waals surface area contributed by atoms with Gasteiger partial charge in [0.05, 0.1) is 0 Å². The minimum absolute atomic E-state index is 0.837. The van der Waals surface area contributed by atoms with Gasteiger partial charge in [-0.2, -0.15) is 0 Å². The van der Waals surface area contributed by atoms with Crippen LogP contribution in [0.4, 0.5) is 0 Å². The Balaban J connectivity index is 2.19. The molecule has 1 aromatic rings. The standard InChI is InChI=1S/C12H15Cl2P/c1-11-7-8-15(13,14,9-11)10-12-5-3-2-4-6-12/h2-7H,8-10H2,1H3. The van der Waals surface area contributed by atoms with Gasteiger partial charge in [-0.15, -0.1) is 0 Å². The van der Waals surface area contributed by atoms with Crippen molar-refractivity contribution in [2.75, 3.05) is 12.3 Å². The van der Waals surface area contributed by atoms with Crippen molar-refractivity contribution in [3.05, 3.63) is 47.5 Å². The average Bonchev–Trinajstić information content (AvgIpc) is 2.43. The number of hydrogen-bond acceptors (Lipinski definition) is 0. The molecule has 0 aromatic heterocycles. The second kappa shape index (κ2) is 3.77. The Morgan fingerprint density at radius 2 is 1.87 bits per heavy atom. The van der Waals surface area contributed by atoms with Crippen molar-refractivity contribution >= 4 is 27.8 Å². The van der Waals surface area contributed by atoms with Crippen LogP contribution in [0.25, 0.3) is 0 Å². The first-order chi connectivity index (χ1) is 6.96. The summed E-state index contributed by atoms with van der Waals surface area (Å²) in [6, 6.07) is 10.3. The second-order valence-electron chi connectivity index (χ2n) is 4.49. The Hall–Kier alpha value is -0.0300. The van der Waals surface area contributed by atoms with Crippen molar-refractivity contribution in [3.8, 4) is 0 Å². The maximum absolute atomic E-state index is 6.70. The first-order valence-electron chi connectivity index (χ1n) is 5.10. The molecular formula is C12H15Cl2P. The molecule has 1 aliphatic heterocycles. The van der Waals surface area contributed by atoms with Crippen LogP contribution in [0.2, 0.25) is 0 Å². The topological polar surface area (TPSA) is 0 Å². The summed E-state index contributed by atoms with van der Waals surface area (Å²) in [6.07, 6.45) is 4.79. The van der Waals surface area contributed by atoms with Crippen molar-refractivity contribution in [2.45, 2.75) is 13.1 Å². The van der Waals surface area contributed by atoms with Crippen LogP contribution in [0.5, 0.6) is 0 Å². The van der Waals surface area contributed by atoms with Crippen molar-refractivity contribution in [3.63, 3.8) is 0 Å². The molecule has 3 heteroatoms. The Labute approximate surface area is 101 Å². The van der Waals surface area contributed by atoms with Crippen LogP contribution in [0, 0.1) is 0 Å². The van der Waals surface area contributed by atoms with E-state index >= 15 is 0 Å². The van der Waals surface area contributed by atoms with E-state index in [9.17, 15) is 0 Å². The molecule has 0 amide bonds. The molecule has 82 valence electrons. The van der Waals surface area contributed by atoms with Gasteiger partial charge in [0.1, 0.15) is 0 Å². The molecule has 0 aliphatic carbocycles. The molecule has 0 fully saturated rings. The average molecular weight is 261 g/mol. The van der Waals surface area contributed by atoms with Crippen molar-refractivity contribution in [2.24, 2.45) is 0 Å². The molecule has 1 aromatic carbocycles. The Kier molecular flexibility index (Phi) is 2.88. The van der Waals surface area contributed by atoms with Gasteiger partial charge < -0.3 is 0 Å². The fraction of sp³-hybridized carbons (Fsp3) is 0.333. The Morgan fingerprint density at radius 1 is 1.20 bits per heavy atom. The van der Waals surface area contributed by atoms with E-state index in [0.717, 1.165) is 18.5 Å². The molecule has 15 heavy (non-hydrogen) atoms. The first kappa shape index (κ1) is 11.5. The Morgan fingerprint density at radius 3 is 2.40 bits per heavy atom. The molecule has 0 nitrogen and oxygen atoms in total. The molecule has 0 saturated carbocycles. The van der Waals surface area contributed by atoms with Gasteiger partial charge in [-0.05, 0) is 0 Å². The monoisotopic (exact) mass is 260 g/mol. The van der Waals surface area contributed by atoms with Crippen molar-refractivity contribution in [1.29, 1.82) is 0 Å². The summed E-state index contributed by atoms with van der Waals surface area (Å²) in [5.74, 6) is 0. The molecule has 1 heterocycles. The van der Waals surface area contributed by atoms with E-state index in [-0.39, 0.29) is 0 Å². The van der Waals surface area contributed by atoms with E-state index < -0.39 is 5.31 Å². The van der Waals surface area contributed by atoms with Gasteiger partial charge in [0.2, 0.25) is 0 Å². The minimum atomic E-state index is -2.51. The van der Waals surface area contributed by atoms with Crippen LogP contribution in [0.3, 0.4) is 0 Å². The summed E-state index contributed by atoms with van der Waals surface area (Å²) >= 11 is 13.4. The fourth-order valence-electron chi connectivity index (χ4n) is 2.12. The van der Waals surface area contributed by atoms with Crippen LogP contribution in [0.15, 0.2) is 42.0 Å². The third kappa shape index (κ3) is 2.75. The van der Waals surface area contributed by atoms with Gasteiger partial charge >= 0.3 is 101 Å². The number of benzene rings is 1. The summed E-state index contributed by atoms with van der Waals surface area (Å²) < 4.78 is 0. The molecule has 0 bridgehead atoms. The third-order valence-corrected chi connectivity index (χ3v) is 8.27. The van der Waals surface area contributed by atoms with Gasteiger partial charge in [0, 0.05) is 0 Å². The van der Waals surface area contributed by atoms with Crippen LogP contribution in [-0.4, -0.2) is 12.3 Å². The molecule has 2 rings (SSSR count). The van der Waals surface area contributed by atoms with E-state index in [4.69, 9.17) is 22.5 Å². The predicted molar refractivity (Wildman–Crippen MR) is 72.3 cm³/mol. The van der Waals surface area contributed by atoms with E-state index in [2.05, 4.69) is 25.1 Å². The summed E-state index contributed by atoms with van der Waals surface area (Å²) in [5, 5.41) is -2.51. The molecule has 0 unspecified atom stereocenters. The number of allylic oxidation sites excluding steroid dienone is 2. The second-order valence-corrected chi connectivity index (χ2v) is 14.2. The summed E-state index contributed by atoms with van der Waals surface area (Å²) in [4.78, 5) is 0. The number of halogens is 2. The summed E-state index contributed by atoms with van der Waals surface area (Å²) in [5.41, 5.74) is 2.59. The van der Waals surface area contributed by atoms with Crippen LogP contribution in [-0.2, 0) is 6.16 Å². The van der Waals surface area contributed by atoms with Gasteiger partial charge in [0.25, 0.3) is 0 Å². The zero-order chi connectivity index (χ0) is 11.0. The molecule has 1 aliphatic rings. The zero-order valence-electron chi connectivity index (χ0n) is 8.79. The molecule has 0 N–H and O–H groups in total. The molecule has 0 atom stereocenters.